The number of aromatic nitrogens is 1. The number of benzene rings is 9. The van der Waals surface area contributed by atoms with Crippen LogP contribution in [0.15, 0.2) is 218 Å². The van der Waals surface area contributed by atoms with E-state index in [-0.39, 0.29) is 5.92 Å². The van der Waals surface area contributed by atoms with Crippen molar-refractivity contribution in [3.05, 3.63) is 230 Å². The highest BCUT2D eigenvalue weighted by atomic mass is 32.1. The number of thiophene rings is 1. The van der Waals surface area contributed by atoms with Crippen LogP contribution in [0.25, 0.3) is 86.8 Å². The topological polar surface area (TPSA) is 16.1 Å². The van der Waals surface area contributed by atoms with Crippen LogP contribution in [0.1, 0.15) is 24.0 Å². The van der Waals surface area contributed by atoms with Crippen molar-refractivity contribution < 1.29 is 0 Å². The Morgan fingerprint density at radius 1 is 0.435 bits per heavy atom. The molecule has 1 unspecified atom stereocenters. The maximum Gasteiger partial charge on any atom is 0.0809 e. The molecule has 292 valence electrons. The van der Waals surface area contributed by atoms with Crippen LogP contribution in [-0.4, -0.2) is 4.98 Å². The third kappa shape index (κ3) is 5.96. The van der Waals surface area contributed by atoms with E-state index in [1.165, 1.54) is 64.7 Å². The van der Waals surface area contributed by atoms with Crippen molar-refractivity contribution in [1.82, 2.24) is 4.98 Å². The molecule has 0 saturated carbocycles. The lowest BCUT2D eigenvalue weighted by molar-refractivity contribution is 0.952. The lowest BCUT2D eigenvalue weighted by Gasteiger charge is -2.32. The first-order chi connectivity index (χ1) is 30.7. The summed E-state index contributed by atoms with van der Waals surface area (Å²) < 4.78 is 2.63. The fourth-order valence-corrected chi connectivity index (χ4v) is 11.0. The van der Waals surface area contributed by atoms with Gasteiger partial charge in [0.05, 0.1) is 16.9 Å². The second-order valence-electron chi connectivity index (χ2n) is 16.3. The molecule has 3 heteroatoms. The standard InChI is InChI=1S/C59H40N2S/c1-38-46-20-9-10-21-48(46)50-35-36-52(57-53(41-17-6-3-7-18-41)37-43-19-8-12-25-54(43)60-57)58(56(38)50)61(44-31-27-40(28-32-44)39-15-4-2-5-16-39)45-33-29-42(30-34-45)47-23-14-24-51-49-22-11-13-26-55(49)62-59(47)51/h2-38H,1H3. The molecule has 0 N–H and O–H groups in total. The quantitative estimate of drug-likeness (QED) is 0.159. The van der Waals surface area contributed by atoms with Crippen molar-refractivity contribution in [3.63, 3.8) is 0 Å². The maximum atomic E-state index is 5.58. The minimum absolute atomic E-state index is 0.146. The molecule has 1 aliphatic rings. The van der Waals surface area contributed by atoms with Gasteiger partial charge in [-0.15, -0.1) is 11.3 Å². The van der Waals surface area contributed by atoms with E-state index in [0.717, 1.165) is 50.3 Å². The molecule has 11 aromatic rings. The first-order valence-electron chi connectivity index (χ1n) is 21.4. The molecule has 0 saturated heterocycles. The van der Waals surface area contributed by atoms with Gasteiger partial charge in [-0.05, 0) is 92.5 Å². The summed E-state index contributed by atoms with van der Waals surface area (Å²) in [4.78, 5) is 8.08. The van der Waals surface area contributed by atoms with Gasteiger partial charge < -0.3 is 4.90 Å². The molecule has 9 aromatic carbocycles. The van der Waals surface area contributed by atoms with Crippen LogP contribution in [0.2, 0.25) is 0 Å². The predicted octanol–water partition coefficient (Wildman–Crippen LogP) is 16.9. The number of pyridine rings is 1. The summed E-state index contributed by atoms with van der Waals surface area (Å²) in [5.41, 5.74) is 18.7. The Labute approximate surface area is 365 Å². The first-order valence-corrected chi connectivity index (χ1v) is 22.2. The Morgan fingerprint density at radius 2 is 1.02 bits per heavy atom. The molecular weight excluding hydrogens is 769 g/mol. The number of rotatable bonds is 7. The smallest absolute Gasteiger partial charge is 0.0809 e. The van der Waals surface area contributed by atoms with Crippen molar-refractivity contribution >= 4 is 59.5 Å². The molecule has 2 aromatic heterocycles. The Balaban J connectivity index is 1.12. The highest BCUT2D eigenvalue weighted by molar-refractivity contribution is 7.26. The first kappa shape index (κ1) is 36.3. The number of para-hydroxylation sites is 1. The third-order valence-corrected chi connectivity index (χ3v) is 13.9. The summed E-state index contributed by atoms with van der Waals surface area (Å²) in [6, 6.07) is 79.6. The zero-order valence-electron chi connectivity index (χ0n) is 34.2. The summed E-state index contributed by atoms with van der Waals surface area (Å²) >= 11 is 1.88. The molecule has 0 aliphatic heterocycles. The molecule has 2 heterocycles. The largest absolute Gasteiger partial charge is 0.309 e. The highest BCUT2D eigenvalue weighted by Gasteiger charge is 2.34. The van der Waals surface area contributed by atoms with Crippen molar-refractivity contribution in [2.45, 2.75) is 12.8 Å². The van der Waals surface area contributed by atoms with E-state index < -0.39 is 0 Å². The normalized spacial score (nSPS) is 13.1. The number of hydrogen-bond acceptors (Lipinski definition) is 3. The fourth-order valence-electron chi connectivity index (χ4n) is 9.75. The van der Waals surface area contributed by atoms with Crippen LogP contribution in [0.5, 0.6) is 0 Å². The molecular formula is C59H40N2S. The molecule has 62 heavy (non-hydrogen) atoms. The average molecular weight is 809 g/mol. The Bertz CT molecular complexity index is 3460. The van der Waals surface area contributed by atoms with Crippen molar-refractivity contribution in [1.29, 1.82) is 0 Å². The van der Waals surface area contributed by atoms with Crippen molar-refractivity contribution in [2.75, 3.05) is 4.90 Å². The van der Waals surface area contributed by atoms with Gasteiger partial charge in [-0.25, -0.2) is 4.98 Å². The predicted molar refractivity (Wildman–Crippen MR) is 264 cm³/mol. The summed E-state index contributed by atoms with van der Waals surface area (Å²) in [5.74, 6) is 0.146. The SMILES string of the molecule is CC1c2ccccc2-c2ccc(-c3nc4ccccc4cc3-c3ccccc3)c(N(c3ccc(-c4ccccc4)cc3)c3ccc(-c4cccc5c4sc4ccccc45)cc3)c21. The monoisotopic (exact) mass is 808 g/mol. The minimum atomic E-state index is 0.146. The van der Waals surface area contributed by atoms with E-state index in [4.69, 9.17) is 4.98 Å². The Hall–Kier alpha value is -7.59. The fraction of sp³-hybridized carbons (Fsp3) is 0.0339. The van der Waals surface area contributed by atoms with Gasteiger partial charge in [0, 0.05) is 54.0 Å². The van der Waals surface area contributed by atoms with E-state index in [1.54, 1.807) is 0 Å². The lowest BCUT2D eigenvalue weighted by Crippen LogP contribution is -2.15. The van der Waals surface area contributed by atoms with Crippen molar-refractivity contribution in [3.8, 4) is 55.8 Å². The van der Waals surface area contributed by atoms with Gasteiger partial charge in [0.15, 0.2) is 0 Å². The molecule has 0 amide bonds. The average Bonchev–Trinajstić information content (AvgIpc) is 3.87. The van der Waals surface area contributed by atoms with Crippen LogP contribution in [0.4, 0.5) is 17.1 Å². The van der Waals surface area contributed by atoms with E-state index in [2.05, 4.69) is 230 Å². The van der Waals surface area contributed by atoms with E-state index in [9.17, 15) is 0 Å². The van der Waals surface area contributed by atoms with Gasteiger partial charge in [0.25, 0.3) is 0 Å². The second kappa shape index (κ2) is 14.8. The van der Waals surface area contributed by atoms with Gasteiger partial charge in [-0.2, -0.15) is 0 Å². The summed E-state index contributed by atoms with van der Waals surface area (Å²) in [7, 11) is 0. The van der Waals surface area contributed by atoms with Crippen LogP contribution < -0.4 is 4.90 Å². The Morgan fingerprint density at radius 3 is 1.81 bits per heavy atom. The molecule has 1 atom stereocenters. The van der Waals surface area contributed by atoms with Gasteiger partial charge in [0.2, 0.25) is 0 Å². The van der Waals surface area contributed by atoms with Crippen LogP contribution >= 0.6 is 11.3 Å². The third-order valence-electron chi connectivity index (χ3n) is 12.7. The minimum Gasteiger partial charge on any atom is -0.309 e. The van der Waals surface area contributed by atoms with Crippen LogP contribution in [-0.2, 0) is 0 Å². The van der Waals surface area contributed by atoms with Crippen LogP contribution in [0, 0.1) is 0 Å². The van der Waals surface area contributed by atoms with Crippen molar-refractivity contribution in [2.24, 2.45) is 0 Å². The second-order valence-corrected chi connectivity index (χ2v) is 17.3. The molecule has 0 bridgehead atoms. The molecule has 0 radical (unpaired) electrons. The number of nitrogens with zero attached hydrogens (tertiary/aromatic N) is 2. The molecule has 1 aliphatic carbocycles. The maximum absolute atomic E-state index is 5.58. The van der Waals surface area contributed by atoms with E-state index in [1.807, 2.05) is 11.3 Å². The number of hydrogen-bond donors (Lipinski definition) is 0. The lowest BCUT2D eigenvalue weighted by atomic mass is 9.89. The summed E-state index contributed by atoms with van der Waals surface area (Å²) in [6.07, 6.45) is 0. The molecule has 12 rings (SSSR count). The highest BCUT2D eigenvalue weighted by Crippen LogP contribution is 2.55. The molecule has 0 spiro atoms. The Kier molecular flexibility index (Phi) is 8.69. The zero-order chi connectivity index (χ0) is 41.1. The van der Waals surface area contributed by atoms with Gasteiger partial charge in [0.1, 0.15) is 0 Å². The summed E-state index contributed by atoms with van der Waals surface area (Å²) in [6.45, 7) is 2.37. The number of fused-ring (bicyclic) bond motifs is 7. The van der Waals surface area contributed by atoms with Gasteiger partial charge in [-0.3, -0.25) is 0 Å². The van der Waals surface area contributed by atoms with Gasteiger partial charge in [-0.1, -0.05) is 183 Å². The van der Waals surface area contributed by atoms with Gasteiger partial charge >= 0.3 is 0 Å². The molecule has 0 fully saturated rings. The number of anilines is 3. The molecule has 2 nitrogen and oxygen atoms in total. The zero-order valence-corrected chi connectivity index (χ0v) is 35.0. The van der Waals surface area contributed by atoms with Crippen LogP contribution in [0.3, 0.4) is 0 Å². The van der Waals surface area contributed by atoms with E-state index in [0.29, 0.717) is 0 Å². The summed E-state index contributed by atoms with van der Waals surface area (Å²) in [5, 5.41) is 3.74. The van der Waals surface area contributed by atoms with E-state index >= 15 is 0 Å².